The van der Waals surface area contributed by atoms with Crippen molar-refractivity contribution in [2.75, 3.05) is 24.4 Å². The molecule has 21 heavy (non-hydrogen) atoms. The van der Waals surface area contributed by atoms with Crippen LogP contribution in [0.4, 0.5) is 11.4 Å². The maximum absolute atomic E-state index is 12.0. The normalized spacial score (nSPS) is 13.0. The molecule has 118 valence electrons. The summed E-state index contributed by atoms with van der Waals surface area (Å²) in [6, 6.07) is 6.97. The molecule has 0 aliphatic carbocycles. The molecule has 0 spiro atoms. The van der Waals surface area contributed by atoms with Gasteiger partial charge in [-0.05, 0) is 31.0 Å². The number of amides is 1. The van der Waals surface area contributed by atoms with Crippen molar-refractivity contribution in [2.24, 2.45) is 10.3 Å². The highest BCUT2D eigenvalue weighted by Gasteiger charge is 2.14. The molecule has 1 amide bonds. The average Bonchev–Trinajstić information content (AvgIpc) is 2.34. The molecule has 0 fully saturated rings. The second kappa shape index (κ2) is 7.56. The Morgan fingerprint density at radius 1 is 1.33 bits per heavy atom. The van der Waals surface area contributed by atoms with Crippen molar-refractivity contribution in [2.45, 2.75) is 26.9 Å². The van der Waals surface area contributed by atoms with Crippen molar-refractivity contribution < 1.29 is 13.7 Å². The van der Waals surface area contributed by atoms with E-state index in [2.05, 4.69) is 9.68 Å². The summed E-state index contributed by atoms with van der Waals surface area (Å²) < 4.78 is 21.2. The number of nitrogens with one attached hydrogen (secondary N) is 1. The predicted molar refractivity (Wildman–Crippen MR) is 87.4 cm³/mol. The lowest BCUT2D eigenvalue weighted by Gasteiger charge is -2.15. The SMILES string of the molecule is CC(C)COC(C)C(=O)Nc1cccc(N=S(C)(C)=O)c1. The van der Waals surface area contributed by atoms with Gasteiger partial charge in [0.1, 0.15) is 6.10 Å². The van der Waals surface area contributed by atoms with E-state index in [4.69, 9.17) is 4.74 Å². The van der Waals surface area contributed by atoms with Crippen molar-refractivity contribution in [3.63, 3.8) is 0 Å². The fourth-order valence-electron chi connectivity index (χ4n) is 1.55. The van der Waals surface area contributed by atoms with Crippen LogP contribution < -0.4 is 5.32 Å². The number of nitrogens with zero attached hydrogens (tertiary/aromatic N) is 1. The van der Waals surface area contributed by atoms with E-state index in [1.54, 1.807) is 43.7 Å². The van der Waals surface area contributed by atoms with Crippen LogP contribution in [0.1, 0.15) is 20.8 Å². The summed E-state index contributed by atoms with van der Waals surface area (Å²) in [6.07, 6.45) is 2.62. The minimum atomic E-state index is -2.22. The first-order valence-corrected chi connectivity index (χ1v) is 9.20. The molecule has 1 aromatic carbocycles. The van der Waals surface area contributed by atoms with Crippen LogP contribution in [0.2, 0.25) is 0 Å². The Bertz CT molecular complexity index is 597. The first-order valence-electron chi connectivity index (χ1n) is 6.87. The fourth-order valence-corrected chi connectivity index (χ4v) is 2.17. The van der Waals surface area contributed by atoms with Crippen LogP contribution in [0.3, 0.4) is 0 Å². The summed E-state index contributed by atoms with van der Waals surface area (Å²) in [6.45, 7) is 6.32. The summed E-state index contributed by atoms with van der Waals surface area (Å²) in [5.74, 6) is 0.172. The summed E-state index contributed by atoms with van der Waals surface area (Å²) in [4.78, 5) is 12.0. The molecular formula is C15H24N2O3S. The molecule has 0 saturated heterocycles. The van der Waals surface area contributed by atoms with Crippen LogP contribution in [0.25, 0.3) is 0 Å². The van der Waals surface area contributed by atoms with Crippen molar-refractivity contribution in [3.8, 4) is 0 Å². The molecule has 1 atom stereocenters. The van der Waals surface area contributed by atoms with E-state index in [0.29, 0.717) is 23.9 Å². The van der Waals surface area contributed by atoms with Crippen LogP contribution in [0.5, 0.6) is 0 Å². The van der Waals surface area contributed by atoms with Gasteiger partial charge in [-0.25, -0.2) is 4.21 Å². The standard InChI is InChI=1S/C15H24N2O3S/c1-11(2)10-20-12(3)15(18)16-13-7-6-8-14(9-13)17-21(4,5)19/h6-9,11-12H,10H2,1-5H3,(H,16,18). The van der Waals surface area contributed by atoms with Crippen molar-refractivity contribution in [1.29, 1.82) is 0 Å². The van der Waals surface area contributed by atoms with Gasteiger partial charge in [-0.3, -0.25) is 4.79 Å². The third-order valence-corrected chi connectivity index (χ3v) is 3.14. The van der Waals surface area contributed by atoms with Gasteiger partial charge < -0.3 is 10.1 Å². The Hall–Kier alpha value is -1.40. The van der Waals surface area contributed by atoms with Gasteiger partial charge in [0.05, 0.1) is 5.69 Å². The van der Waals surface area contributed by atoms with Crippen LogP contribution >= 0.6 is 0 Å². The lowest BCUT2D eigenvalue weighted by molar-refractivity contribution is -0.126. The van der Waals surface area contributed by atoms with E-state index in [0.717, 1.165) is 0 Å². The van der Waals surface area contributed by atoms with Crippen molar-refractivity contribution >= 4 is 27.0 Å². The average molecular weight is 312 g/mol. The Morgan fingerprint density at radius 2 is 2.00 bits per heavy atom. The Kier molecular flexibility index (Phi) is 6.36. The van der Waals surface area contributed by atoms with Gasteiger partial charge in [-0.1, -0.05) is 19.9 Å². The van der Waals surface area contributed by atoms with Gasteiger partial charge in [0.2, 0.25) is 0 Å². The second-order valence-electron chi connectivity index (χ2n) is 5.68. The predicted octanol–water partition coefficient (Wildman–Crippen LogP) is 3.05. The van der Waals surface area contributed by atoms with Gasteiger partial charge in [0, 0.05) is 34.5 Å². The third-order valence-electron chi connectivity index (χ3n) is 2.49. The van der Waals surface area contributed by atoms with Crippen LogP contribution in [0.15, 0.2) is 28.6 Å². The van der Waals surface area contributed by atoms with Gasteiger partial charge in [-0.2, -0.15) is 4.36 Å². The minimum Gasteiger partial charge on any atom is -0.368 e. The molecule has 5 nitrogen and oxygen atoms in total. The van der Waals surface area contributed by atoms with Crippen molar-refractivity contribution in [3.05, 3.63) is 24.3 Å². The number of ether oxygens (including phenoxy) is 1. The smallest absolute Gasteiger partial charge is 0.253 e. The molecule has 0 saturated carbocycles. The lowest BCUT2D eigenvalue weighted by atomic mass is 10.2. The number of benzene rings is 1. The molecule has 0 heterocycles. The lowest BCUT2D eigenvalue weighted by Crippen LogP contribution is -2.28. The van der Waals surface area contributed by atoms with E-state index in [1.807, 2.05) is 13.8 Å². The number of carbonyl (C=O) groups is 1. The molecule has 0 aliphatic heterocycles. The highest BCUT2D eigenvalue weighted by atomic mass is 32.2. The second-order valence-corrected chi connectivity index (χ2v) is 8.23. The number of anilines is 1. The van der Waals surface area contributed by atoms with E-state index in [9.17, 15) is 9.00 Å². The van der Waals surface area contributed by atoms with Crippen LogP contribution in [0, 0.1) is 5.92 Å². The third kappa shape index (κ3) is 7.24. The largest absolute Gasteiger partial charge is 0.368 e. The fraction of sp³-hybridized carbons (Fsp3) is 0.533. The molecule has 1 rings (SSSR count). The Labute approximate surface area is 127 Å². The summed E-state index contributed by atoms with van der Waals surface area (Å²) >= 11 is 0. The molecule has 6 heteroatoms. The van der Waals surface area contributed by atoms with E-state index in [-0.39, 0.29) is 5.91 Å². The minimum absolute atomic E-state index is 0.207. The highest BCUT2D eigenvalue weighted by molar-refractivity contribution is 7.92. The summed E-state index contributed by atoms with van der Waals surface area (Å²) in [5.41, 5.74) is 1.20. The molecule has 1 N–H and O–H groups in total. The first kappa shape index (κ1) is 17.7. The maximum Gasteiger partial charge on any atom is 0.253 e. The van der Waals surface area contributed by atoms with E-state index >= 15 is 0 Å². The number of rotatable bonds is 6. The summed E-state index contributed by atoms with van der Waals surface area (Å²) in [7, 11) is -2.22. The topological polar surface area (TPSA) is 67.8 Å². The van der Waals surface area contributed by atoms with Crippen LogP contribution in [-0.2, 0) is 19.3 Å². The monoisotopic (exact) mass is 312 g/mol. The first-order chi connectivity index (χ1) is 9.67. The quantitative estimate of drug-likeness (QED) is 0.878. The Balaban J connectivity index is 2.73. The molecular weight excluding hydrogens is 288 g/mol. The zero-order valence-corrected chi connectivity index (χ0v) is 14.1. The van der Waals surface area contributed by atoms with Crippen molar-refractivity contribution in [1.82, 2.24) is 0 Å². The molecule has 0 aromatic heterocycles. The number of carbonyl (C=O) groups excluding carboxylic acids is 1. The van der Waals surface area contributed by atoms with Gasteiger partial charge in [0.25, 0.3) is 5.91 Å². The zero-order chi connectivity index (χ0) is 16.0. The molecule has 0 aliphatic rings. The van der Waals surface area contributed by atoms with Gasteiger partial charge in [0.15, 0.2) is 0 Å². The van der Waals surface area contributed by atoms with E-state index in [1.165, 1.54) is 0 Å². The molecule has 1 unspecified atom stereocenters. The Morgan fingerprint density at radius 3 is 2.57 bits per heavy atom. The molecule has 1 aromatic rings. The molecule has 0 radical (unpaired) electrons. The van der Waals surface area contributed by atoms with Gasteiger partial charge in [-0.15, -0.1) is 0 Å². The summed E-state index contributed by atoms with van der Waals surface area (Å²) in [5, 5.41) is 2.77. The number of hydrogen-bond donors (Lipinski definition) is 1. The van der Waals surface area contributed by atoms with E-state index < -0.39 is 15.8 Å². The number of hydrogen-bond acceptors (Lipinski definition) is 4. The molecule has 0 bridgehead atoms. The maximum atomic E-state index is 12.0. The van der Waals surface area contributed by atoms with Gasteiger partial charge >= 0.3 is 0 Å². The van der Waals surface area contributed by atoms with Crippen LogP contribution in [-0.4, -0.2) is 35.3 Å². The zero-order valence-electron chi connectivity index (χ0n) is 13.3. The highest BCUT2D eigenvalue weighted by Crippen LogP contribution is 2.19.